The van der Waals surface area contributed by atoms with E-state index in [1.54, 1.807) is 0 Å². The third-order valence-corrected chi connectivity index (χ3v) is 4.71. The van der Waals surface area contributed by atoms with Crippen LogP contribution in [-0.4, -0.2) is 49.6 Å². The zero-order valence-electron chi connectivity index (χ0n) is 14.0. The van der Waals surface area contributed by atoms with Crippen LogP contribution in [0.5, 0.6) is 0 Å². The molecular formula is C16H33N3O. The molecule has 0 spiro atoms. The Balaban J connectivity index is 2.50. The van der Waals surface area contributed by atoms with E-state index in [9.17, 15) is 4.79 Å². The van der Waals surface area contributed by atoms with Crippen molar-refractivity contribution in [2.24, 2.45) is 11.3 Å². The molecule has 0 radical (unpaired) electrons. The molecule has 1 saturated heterocycles. The van der Waals surface area contributed by atoms with Crippen LogP contribution in [0.1, 0.15) is 47.5 Å². The number of rotatable bonds is 7. The molecule has 4 nitrogen and oxygen atoms in total. The SMILES string of the molecule is CCN(CC)CC(C)NC(=O)C(C)(C)C1CCCNC1. The molecule has 118 valence electrons. The number of hydrogen-bond acceptors (Lipinski definition) is 3. The van der Waals surface area contributed by atoms with Gasteiger partial charge < -0.3 is 15.5 Å². The molecule has 1 amide bonds. The Bertz CT molecular complexity index is 294. The molecule has 1 aliphatic heterocycles. The minimum Gasteiger partial charge on any atom is -0.352 e. The van der Waals surface area contributed by atoms with Crippen LogP contribution < -0.4 is 10.6 Å². The molecule has 4 heteroatoms. The Labute approximate surface area is 124 Å². The maximum Gasteiger partial charge on any atom is 0.226 e. The molecule has 0 aromatic carbocycles. The standard InChI is InChI=1S/C16H33N3O/c1-6-19(7-2)12-13(3)18-15(20)16(4,5)14-9-8-10-17-11-14/h13-14,17H,6-12H2,1-5H3,(H,18,20). The van der Waals surface area contributed by atoms with Crippen molar-refractivity contribution in [2.75, 3.05) is 32.7 Å². The summed E-state index contributed by atoms with van der Waals surface area (Å²) in [5, 5.41) is 6.62. The number of nitrogens with zero attached hydrogens (tertiary/aromatic N) is 1. The lowest BCUT2D eigenvalue weighted by Gasteiger charge is -2.37. The third kappa shape index (κ3) is 4.74. The molecule has 0 aromatic rings. The summed E-state index contributed by atoms with van der Waals surface area (Å²) in [5.41, 5.74) is -0.287. The number of likely N-dealkylation sites (N-methyl/N-ethyl adjacent to an activating group) is 1. The number of nitrogens with one attached hydrogen (secondary N) is 2. The predicted molar refractivity (Wildman–Crippen MR) is 84.8 cm³/mol. The van der Waals surface area contributed by atoms with Crippen molar-refractivity contribution in [3.63, 3.8) is 0 Å². The number of piperidine rings is 1. The third-order valence-electron chi connectivity index (χ3n) is 4.71. The van der Waals surface area contributed by atoms with Crippen molar-refractivity contribution >= 4 is 5.91 Å². The topological polar surface area (TPSA) is 44.4 Å². The predicted octanol–water partition coefficient (Wildman–Crippen LogP) is 1.86. The van der Waals surface area contributed by atoms with E-state index in [1.165, 1.54) is 6.42 Å². The van der Waals surface area contributed by atoms with Gasteiger partial charge >= 0.3 is 0 Å². The summed E-state index contributed by atoms with van der Waals surface area (Å²) in [7, 11) is 0. The van der Waals surface area contributed by atoms with Gasteiger partial charge in [-0.2, -0.15) is 0 Å². The first-order valence-electron chi connectivity index (χ1n) is 8.15. The summed E-state index contributed by atoms with van der Waals surface area (Å²) >= 11 is 0. The molecule has 0 saturated carbocycles. The lowest BCUT2D eigenvalue weighted by Crippen LogP contribution is -2.51. The van der Waals surface area contributed by atoms with Crippen molar-refractivity contribution in [1.29, 1.82) is 0 Å². The average Bonchev–Trinajstić information content (AvgIpc) is 2.45. The van der Waals surface area contributed by atoms with E-state index >= 15 is 0 Å². The molecular weight excluding hydrogens is 250 g/mol. The van der Waals surface area contributed by atoms with Gasteiger partial charge in [-0.05, 0) is 51.9 Å². The maximum atomic E-state index is 12.6. The number of hydrogen-bond donors (Lipinski definition) is 2. The van der Waals surface area contributed by atoms with Gasteiger partial charge in [0.15, 0.2) is 0 Å². The molecule has 1 heterocycles. The van der Waals surface area contributed by atoms with Crippen molar-refractivity contribution in [3.8, 4) is 0 Å². The Morgan fingerprint density at radius 1 is 1.40 bits per heavy atom. The highest BCUT2D eigenvalue weighted by molar-refractivity contribution is 5.82. The molecule has 2 unspecified atom stereocenters. The van der Waals surface area contributed by atoms with Crippen LogP contribution in [0.3, 0.4) is 0 Å². The Morgan fingerprint density at radius 2 is 2.05 bits per heavy atom. The highest BCUT2D eigenvalue weighted by Gasteiger charge is 2.37. The summed E-state index contributed by atoms with van der Waals surface area (Å²) in [6.07, 6.45) is 2.33. The second-order valence-corrected chi connectivity index (χ2v) is 6.63. The minimum absolute atomic E-state index is 0.200. The fourth-order valence-corrected chi connectivity index (χ4v) is 2.98. The monoisotopic (exact) mass is 283 g/mol. The molecule has 1 rings (SSSR count). The van der Waals surface area contributed by atoms with Crippen LogP contribution in [-0.2, 0) is 4.79 Å². The fraction of sp³-hybridized carbons (Fsp3) is 0.938. The first kappa shape index (κ1) is 17.4. The summed E-state index contributed by atoms with van der Waals surface area (Å²) in [6, 6.07) is 0.207. The number of amides is 1. The van der Waals surface area contributed by atoms with Crippen LogP contribution >= 0.6 is 0 Å². The van der Waals surface area contributed by atoms with Gasteiger partial charge in [-0.3, -0.25) is 4.79 Å². The summed E-state index contributed by atoms with van der Waals surface area (Å²) in [4.78, 5) is 14.9. The van der Waals surface area contributed by atoms with Crippen LogP contribution in [0.25, 0.3) is 0 Å². The molecule has 2 atom stereocenters. The van der Waals surface area contributed by atoms with E-state index in [4.69, 9.17) is 0 Å². The van der Waals surface area contributed by atoms with Gasteiger partial charge in [-0.1, -0.05) is 27.7 Å². The quantitative estimate of drug-likeness (QED) is 0.749. The molecule has 0 bridgehead atoms. The van der Waals surface area contributed by atoms with Gasteiger partial charge in [-0.25, -0.2) is 0 Å². The Kier molecular flexibility index (Phi) is 6.96. The van der Waals surface area contributed by atoms with E-state index in [-0.39, 0.29) is 17.4 Å². The van der Waals surface area contributed by atoms with Gasteiger partial charge in [0, 0.05) is 18.0 Å². The first-order chi connectivity index (χ1) is 9.41. The summed E-state index contributed by atoms with van der Waals surface area (Å²) in [6.45, 7) is 15.7. The van der Waals surface area contributed by atoms with E-state index in [1.807, 2.05) is 0 Å². The van der Waals surface area contributed by atoms with Crippen molar-refractivity contribution in [2.45, 2.75) is 53.5 Å². The smallest absolute Gasteiger partial charge is 0.226 e. The van der Waals surface area contributed by atoms with E-state index < -0.39 is 0 Å². The lowest BCUT2D eigenvalue weighted by molar-refractivity contribution is -0.133. The normalized spacial score (nSPS) is 21.8. The molecule has 1 aliphatic rings. The van der Waals surface area contributed by atoms with Gasteiger partial charge in [0.25, 0.3) is 0 Å². The fourth-order valence-electron chi connectivity index (χ4n) is 2.98. The number of carbonyl (C=O) groups excluding carboxylic acids is 1. The largest absolute Gasteiger partial charge is 0.352 e. The summed E-state index contributed by atoms with van der Waals surface area (Å²) in [5.74, 6) is 0.641. The second kappa shape index (κ2) is 7.99. The molecule has 0 aromatic heterocycles. The minimum atomic E-state index is -0.287. The van der Waals surface area contributed by atoms with E-state index in [0.717, 1.165) is 39.1 Å². The zero-order valence-corrected chi connectivity index (χ0v) is 14.0. The molecule has 0 aliphatic carbocycles. The highest BCUT2D eigenvalue weighted by atomic mass is 16.2. The van der Waals surface area contributed by atoms with E-state index in [2.05, 4.69) is 50.2 Å². The van der Waals surface area contributed by atoms with Gasteiger partial charge in [0.05, 0.1) is 0 Å². The Morgan fingerprint density at radius 3 is 2.55 bits per heavy atom. The average molecular weight is 283 g/mol. The first-order valence-corrected chi connectivity index (χ1v) is 8.15. The highest BCUT2D eigenvalue weighted by Crippen LogP contribution is 2.32. The van der Waals surface area contributed by atoms with Gasteiger partial charge in [-0.15, -0.1) is 0 Å². The number of carbonyl (C=O) groups is 1. The van der Waals surface area contributed by atoms with Crippen LogP contribution in [0.2, 0.25) is 0 Å². The van der Waals surface area contributed by atoms with E-state index in [0.29, 0.717) is 5.92 Å². The maximum absolute atomic E-state index is 12.6. The Hall–Kier alpha value is -0.610. The van der Waals surface area contributed by atoms with Gasteiger partial charge in [0.2, 0.25) is 5.91 Å². The van der Waals surface area contributed by atoms with Gasteiger partial charge in [0.1, 0.15) is 0 Å². The lowest BCUT2D eigenvalue weighted by atomic mass is 9.74. The molecule has 20 heavy (non-hydrogen) atoms. The van der Waals surface area contributed by atoms with Crippen LogP contribution in [0.4, 0.5) is 0 Å². The zero-order chi connectivity index (χ0) is 15.2. The summed E-state index contributed by atoms with van der Waals surface area (Å²) < 4.78 is 0. The van der Waals surface area contributed by atoms with Crippen LogP contribution in [0, 0.1) is 11.3 Å². The van der Waals surface area contributed by atoms with Crippen molar-refractivity contribution in [3.05, 3.63) is 0 Å². The van der Waals surface area contributed by atoms with Crippen molar-refractivity contribution in [1.82, 2.24) is 15.5 Å². The van der Waals surface area contributed by atoms with Crippen LogP contribution in [0.15, 0.2) is 0 Å². The molecule has 2 N–H and O–H groups in total. The molecule has 1 fully saturated rings. The second-order valence-electron chi connectivity index (χ2n) is 6.63. The van der Waals surface area contributed by atoms with Crippen molar-refractivity contribution < 1.29 is 4.79 Å².